The molecule has 0 bridgehead atoms. The van der Waals surface area contributed by atoms with E-state index in [-0.39, 0.29) is 17.4 Å². The number of rotatable bonds is 3. The van der Waals surface area contributed by atoms with Crippen molar-refractivity contribution < 1.29 is 23.8 Å². The standard InChI is InChI=1S/C26H26FNO4/c27-19-11-8-16(9-12-19)23-22(25(30)26(31)28(23)20-6-2-1-3-7-20)24(29)18-10-13-21-17(15-18)5-4-14-32-21/h8-13,15,20,23,29H,1-7,14H2/b24-22-. The van der Waals surface area contributed by atoms with Gasteiger partial charge in [0.15, 0.2) is 0 Å². The van der Waals surface area contributed by atoms with Gasteiger partial charge in [0.25, 0.3) is 11.7 Å². The first-order chi connectivity index (χ1) is 15.5. The summed E-state index contributed by atoms with van der Waals surface area (Å²) in [5.74, 6) is -1.07. The lowest BCUT2D eigenvalue weighted by Gasteiger charge is -2.35. The first-order valence-corrected chi connectivity index (χ1v) is 11.4. The molecule has 166 valence electrons. The number of fused-ring (bicyclic) bond motifs is 1. The van der Waals surface area contributed by atoms with Gasteiger partial charge < -0.3 is 14.7 Å². The van der Waals surface area contributed by atoms with Crippen LogP contribution in [-0.2, 0) is 16.0 Å². The molecule has 2 aromatic rings. The summed E-state index contributed by atoms with van der Waals surface area (Å²) < 4.78 is 19.3. The number of halogens is 1. The maximum Gasteiger partial charge on any atom is 0.295 e. The van der Waals surface area contributed by atoms with Crippen molar-refractivity contribution >= 4 is 17.4 Å². The summed E-state index contributed by atoms with van der Waals surface area (Å²) in [4.78, 5) is 28.0. The molecule has 1 saturated carbocycles. The molecule has 5 nitrogen and oxygen atoms in total. The summed E-state index contributed by atoms with van der Waals surface area (Å²) in [7, 11) is 0. The van der Waals surface area contributed by atoms with Crippen molar-refractivity contribution in [2.45, 2.75) is 57.0 Å². The van der Waals surface area contributed by atoms with E-state index < -0.39 is 23.5 Å². The number of carbonyl (C=O) groups excluding carboxylic acids is 2. The molecule has 1 unspecified atom stereocenters. The van der Waals surface area contributed by atoms with Crippen molar-refractivity contribution in [2.24, 2.45) is 0 Å². The van der Waals surface area contributed by atoms with Crippen molar-refractivity contribution in [3.8, 4) is 5.75 Å². The Hall–Kier alpha value is -3.15. The highest BCUT2D eigenvalue weighted by Gasteiger charge is 2.48. The van der Waals surface area contributed by atoms with Gasteiger partial charge in [-0.3, -0.25) is 9.59 Å². The molecule has 1 aliphatic carbocycles. The Labute approximate surface area is 186 Å². The van der Waals surface area contributed by atoms with Crippen LogP contribution >= 0.6 is 0 Å². The monoisotopic (exact) mass is 435 g/mol. The summed E-state index contributed by atoms with van der Waals surface area (Å²) >= 11 is 0. The van der Waals surface area contributed by atoms with Crippen LogP contribution < -0.4 is 4.74 Å². The van der Waals surface area contributed by atoms with Gasteiger partial charge in [0.2, 0.25) is 0 Å². The number of ketones is 1. The second-order valence-corrected chi connectivity index (χ2v) is 8.82. The molecular formula is C26H26FNO4. The van der Waals surface area contributed by atoms with Crippen LogP contribution in [0.5, 0.6) is 5.75 Å². The summed E-state index contributed by atoms with van der Waals surface area (Å²) in [6, 6.07) is 10.4. The maximum atomic E-state index is 13.6. The van der Waals surface area contributed by atoms with Crippen LogP contribution in [0.3, 0.4) is 0 Å². The minimum atomic E-state index is -0.731. The molecule has 6 heteroatoms. The molecule has 1 atom stereocenters. The molecular weight excluding hydrogens is 409 g/mol. The van der Waals surface area contributed by atoms with E-state index in [1.807, 2.05) is 6.07 Å². The van der Waals surface area contributed by atoms with Crippen molar-refractivity contribution in [3.63, 3.8) is 0 Å². The van der Waals surface area contributed by atoms with Gasteiger partial charge >= 0.3 is 0 Å². The zero-order valence-electron chi connectivity index (χ0n) is 17.9. The van der Waals surface area contributed by atoms with E-state index in [1.165, 1.54) is 12.1 Å². The fourth-order valence-corrected chi connectivity index (χ4v) is 5.22. The molecule has 5 rings (SSSR count). The third-order valence-electron chi connectivity index (χ3n) is 6.82. The van der Waals surface area contributed by atoms with Crippen molar-refractivity contribution in [3.05, 3.63) is 70.5 Å². The first kappa shape index (κ1) is 20.7. The molecule has 0 radical (unpaired) electrons. The largest absolute Gasteiger partial charge is 0.507 e. The normalized spacial score (nSPS) is 23.2. The Bertz CT molecular complexity index is 1090. The van der Waals surface area contributed by atoms with Gasteiger partial charge in [-0.1, -0.05) is 31.4 Å². The fraction of sp³-hybridized carbons (Fsp3) is 0.385. The Kier molecular flexibility index (Phi) is 5.45. The zero-order valence-corrected chi connectivity index (χ0v) is 17.9. The molecule has 2 aliphatic heterocycles. The number of carbonyl (C=O) groups is 2. The highest BCUT2D eigenvalue weighted by atomic mass is 19.1. The van der Waals surface area contributed by atoms with E-state index in [4.69, 9.17) is 4.74 Å². The molecule has 2 aromatic carbocycles. The fourth-order valence-electron chi connectivity index (χ4n) is 5.22. The van der Waals surface area contributed by atoms with Crippen molar-refractivity contribution in [1.29, 1.82) is 0 Å². The highest BCUT2D eigenvalue weighted by molar-refractivity contribution is 6.46. The number of hydrogen-bond donors (Lipinski definition) is 1. The first-order valence-electron chi connectivity index (χ1n) is 11.4. The molecule has 0 aromatic heterocycles. The van der Waals surface area contributed by atoms with Gasteiger partial charge in [0.1, 0.15) is 17.3 Å². The topological polar surface area (TPSA) is 66.8 Å². The number of nitrogens with zero attached hydrogens (tertiary/aromatic N) is 1. The van der Waals surface area contributed by atoms with E-state index in [9.17, 15) is 19.1 Å². The molecule has 1 amide bonds. The quantitative estimate of drug-likeness (QED) is 0.423. The number of aliphatic hydroxyl groups excluding tert-OH is 1. The molecule has 1 N–H and O–H groups in total. The Balaban J connectivity index is 1.63. The summed E-state index contributed by atoms with van der Waals surface area (Å²) in [6.45, 7) is 0.662. The van der Waals surface area contributed by atoms with Crippen molar-refractivity contribution in [2.75, 3.05) is 6.61 Å². The molecule has 1 saturated heterocycles. The van der Waals surface area contributed by atoms with Crippen LogP contribution in [0.25, 0.3) is 5.76 Å². The SMILES string of the molecule is O=C1C(=O)N(C2CCCCC2)C(c2ccc(F)cc2)/C1=C(/O)c1ccc2c(c1)CCCO2. The number of hydrogen-bond acceptors (Lipinski definition) is 4. The van der Waals surface area contributed by atoms with Gasteiger partial charge in [-0.15, -0.1) is 0 Å². The van der Waals surface area contributed by atoms with Gasteiger partial charge in [-0.2, -0.15) is 0 Å². The number of aliphatic hydroxyl groups is 1. The van der Waals surface area contributed by atoms with E-state index in [0.717, 1.165) is 56.3 Å². The predicted molar refractivity (Wildman–Crippen MR) is 118 cm³/mol. The number of benzene rings is 2. The smallest absolute Gasteiger partial charge is 0.295 e. The lowest BCUT2D eigenvalue weighted by atomic mass is 9.90. The Morgan fingerprint density at radius 2 is 1.75 bits per heavy atom. The lowest BCUT2D eigenvalue weighted by Crippen LogP contribution is -2.40. The maximum absolute atomic E-state index is 13.6. The second kappa shape index (κ2) is 8.41. The molecule has 2 heterocycles. The number of aryl methyl sites for hydroxylation is 1. The van der Waals surface area contributed by atoms with E-state index in [1.54, 1.807) is 29.2 Å². The molecule has 3 aliphatic rings. The summed E-state index contributed by atoms with van der Waals surface area (Å²) in [5, 5.41) is 11.3. The number of Topliss-reactive ketones (excluding diaryl/α,β-unsaturated/α-hetero) is 1. The summed E-state index contributed by atoms with van der Waals surface area (Å²) in [5.41, 5.74) is 2.16. The van der Waals surface area contributed by atoms with E-state index in [0.29, 0.717) is 17.7 Å². The van der Waals surface area contributed by atoms with Crippen LogP contribution in [0, 0.1) is 5.82 Å². The van der Waals surface area contributed by atoms with Gasteiger partial charge in [0.05, 0.1) is 18.2 Å². The number of ether oxygens (including phenoxy) is 1. The zero-order chi connectivity index (χ0) is 22.2. The van der Waals surface area contributed by atoms with Gasteiger partial charge in [0, 0.05) is 11.6 Å². The van der Waals surface area contributed by atoms with Crippen LogP contribution in [0.15, 0.2) is 48.0 Å². The minimum absolute atomic E-state index is 0.0718. The number of likely N-dealkylation sites (tertiary alicyclic amines) is 1. The summed E-state index contributed by atoms with van der Waals surface area (Å²) in [6.07, 6.45) is 6.46. The predicted octanol–water partition coefficient (Wildman–Crippen LogP) is 4.91. The Morgan fingerprint density at radius 3 is 2.50 bits per heavy atom. The lowest BCUT2D eigenvalue weighted by molar-refractivity contribution is -0.141. The Morgan fingerprint density at radius 1 is 1.00 bits per heavy atom. The molecule has 0 spiro atoms. The highest BCUT2D eigenvalue weighted by Crippen LogP contribution is 2.43. The van der Waals surface area contributed by atoms with Crippen LogP contribution in [0.1, 0.15) is 61.3 Å². The van der Waals surface area contributed by atoms with Crippen molar-refractivity contribution in [1.82, 2.24) is 4.90 Å². The molecule has 32 heavy (non-hydrogen) atoms. The third-order valence-corrected chi connectivity index (χ3v) is 6.82. The molecule has 2 fully saturated rings. The number of amides is 1. The second-order valence-electron chi connectivity index (χ2n) is 8.82. The minimum Gasteiger partial charge on any atom is -0.507 e. The van der Waals surface area contributed by atoms with Crippen LogP contribution in [-0.4, -0.2) is 34.3 Å². The third kappa shape index (κ3) is 3.57. The average Bonchev–Trinajstić information content (AvgIpc) is 3.09. The van der Waals surface area contributed by atoms with Crippen LogP contribution in [0.2, 0.25) is 0 Å². The van der Waals surface area contributed by atoms with Crippen LogP contribution in [0.4, 0.5) is 4.39 Å². The van der Waals surface area contributed by atoms with E-state index >= 15 is 0 Å². The van der Waals surface area contributed by atoms with Gasteiger partial charge in [-0.05, 0) is 67.1 Å². The van der Waals surface area contributed by atoms with Gasteiger partial charge in [-0.25, -0.2) is 4.39 Å². The van der Waals surface area contributed by atoms with E-state index in [2.05, 4.69) is 0 Å². The average molecular weight is 435 g/mol.